The van der Waals surface area contributed by atoms with Crippen LogP contribution in [-0.2, 0) is 9.53 Å². The summed E-state index contributed by atoms with van der Waals surface area (Å²) in [6, 6.07) is 5.07. The highest BCUT2D eigenvalue weighted by Gasteiger charge is 2.29. The second-order valence-corrected chi connectivity index (χ2v) is 7.14. The molecule has 2 aromatic heterocycles. The van der Waals surface area contributed by atoms with Crippen molar-refractivity contribution in [3.05, 3.63) is 53.1 Å². The van der Waals surface area contributed by atoms with E-state index in [1.54, 1.807) is 30.0 Å². The maximum atomic E-state index is 12.1. The predicted octanol–water partition coefficient (Wildman–Crippen LogP) is 2.33. The molecule has 0 aliphatic carbocycles. The van der Waals surface area contributed by atoms with Crippen LogP contribution in [-0.4, -0.2) is 57.9 Å². The molecule has 0 unspecified atom stereocenters. The Labute approximate surface area is 174 Å². The summed E-state index contributed by atoms with van der Waals surface area (Å²) in [5.41, 5.74) is 1.98. The average molecular weight is 416 g/mol. The van der Waals surface area contributed by atoms with Crippen molar-refractivity contribution < 1.29 is 14.3 Å². The van der Waals surface area contributed by atoms with E-state index in [-0.39, 0.29) is 34.9 Å². The van der Waals surface area contributed by atoms with Gasteiger partial charge in [0.1, 0.15) is 22.8 Å². The Morgan fingerprint density at radius 3 is 2.66 bits per heavy atom. The topological polar surface area (TPSA) is 97.3 Å². The van der Waals surface area contributed by atoms with Crippen molar-refractivity contribution in [2.24, 2.45) is 0 Å². The number of aryl methyl sites for hydroxylation is 1. The van der Waals surface area contributed by atoms with Crippen molar-refractivity contribution in [3.8, 4) is 11.4 Å². The third-order valence-corrected chi connectivity index (χ3v) is 4.69. The van der Waals surface area contributed by atoms with Crippen LogP contribution in [0.25, 0.3) is 11.4 Å². The lowest BCUT2D eigenvalue weighted by atomic mass is 10.1. The van der Waals surface area contributed by atoms with E-state index in [0.29, 0.717) is 30.3 Å². The number of ether oxygens (including phenoxy) is 1. The molecule has 2 atom stereocenters. The number of hydrogen-bond donors (Lipinski definition) is 1. The van der Waals surface area contributed by atoms with E-state index in [1.807, 2.05) is 6.92 Å². The van der Waals surface area contributed by atoms with Crippen molar-refractivity contribution in [1.82, 2.24) is 25.2 Å². The highest BCUT2D eigenvalue weighted by atomic mass is 35.5. The minimum Gasteiger partial charge on any atom is -0.367 e. The number of pyridine rings is 1. The average Bonchev–Trinajstić information content (AvgIpc) is 2.71. The molecule has 1 N–H and O–H groups in total. The van der Waals surface area contributed by atoms with Gasteiger partial charge in [-0.15, -0.1) is 0 Å². The van der Waals surface area contributed by atoms with Gasteiger partial charge < -0.3 is 15.0 Å². The minimum absolute atomic E-state index is 0.144. The Balaban J connectivity index is 1.99. The van der Waals surface area contributed by atoms with Crippen LogP contribution >= 0.6 is 11.6 Å². The number of halogens is 1. The van der Waals surface area contributed by atoms with Gasteiger partial charge in [-0.05, 0) is 43.7 Å². The molecule has 1 aliphatic rings. The molecule has 29 heavy (non-hydrogen) atoms. The number of amides is 2. The van der Waals surface area contributed by atoms with Crippen LogP contribution in [0.4, 0.5) is 0 Å². The Bertz CT molecular complexity index is 965. The fraction of sp³-hybridized carbons (Fsp3) is 0.350. The van der Waals surface area contributed by atoms with Gasteiger partial charge in [0.05, 0.1) is 24.0 Å². The first kappa shape index (κ1) is 20.9. The molecule has 1 aliphatic heterocycles. The van der Waals surface area contributed by atoms with Crippen LogP contribution in [0.3, 0.4) is 0 Å². The van der Waals surface area contributed by atoms with Crippen molar-refractivity contribution in [3.63, 3.8) is 0 Å². The van der Waals surface area contributed by atoms with Crippen LogP contribution in [0.2, 0.25) is 5.15 Å². The minimum atomic E-state index is -0.372. The molecule has 9 heteroatoms. The molecular formula is C20H22ClN5O3. The highest BCUT2D eigenvalue weighted by Crippen LogP contribution is 2.30. The zero-order chi connectivity index (χ0) is 21.1. The number of hydrogen-bond acceptors (Lipinski definition) is 6. The summed E-state index contributed by atoms with van der Waals surface area (Å²) in [7, 11) is 1.53. The molecular weight excluding hydrogens is 394 g/mol. The summed E-state index contributed by atoms with van der Waals surface area (Å²) in [6.07, 6.45) is 0.779. The largest absolute Gasteiger partial charge is 0.367 e. The first-order chi connectivity index (χ1) is 13.8. The summed E-state index contributed by atoms with van der Waals surface area (Å²) in [5.74, 6) is -0.0242. The van der Waals surface area contributed by atoms with Gasteiger partial charge in [0.2, 0.25) is 5.91 Å². The van der Waals surface area contributed by atoms with Gasteiger partial charge in [-0.25, -0.2) is 15.0 Å². The molecule has 2 aromatic rings. The number of rotatable bonds is 4. The number of aromatic nitrogens is 3. The van der Waals surface area contributed by atoms with Crippen molar-refractivity contribution in [2.45, 2.75) is 26.1 Å². The molecule has 2 amide bonds. The van der Waals surface area contributed by atoms with Gasteiger partial charge in [0.25, 0.3) is 5.91 Å². The first-order valence-electron chi connectivity index (χ1n) is 9.13. The molecule has 0 spiro atoms. The summed E-state index contributed by atoms with van der Waals surface area (Å²) >= 11 is 6.27. The lowest BCUT2D eigenvalue weighted by Crippen LogP contribution is -2.45. The maximum absolute atomic E-state index is 12.1. The molecule has 3 heterocycles. The Hall–Kier alpha value is -2.84. The van der Waals surface area contributed by atoms with E-state index >= 15 is 0 Å². The van der Waals surface area contributed by atoms with Gasteiger partial charge in [-0.1, -0.05) is 18.2 Å². The molecule has 8 nitrogen and oxygen atoms in total. The second-order valence-electron chi connectivity index (χ2n) is 6.76. The smallest absolute Gasteiger partial charge is 0.269 e. The fourth-order valence-electron chi connectivity index (χ4n) is 3.22. The van der Waals surface area contributed by atoms with E-state index in [0.717, 1.165) is 5.56 Å². The van der Waals surface area contributed by atoms with Gasteiger partial charge in [-0.3, -0.25) is 9.59 Å². The molecule has 1 saturated heterocycles. The van der Waals surface area contributed by atoms with E-state index in [4.69, 9.17) is 16.3 Å². The summed E-state index contributed by atoms with van der Waals surface area (Å²) in [4.78, 5) is 38.6. The summed E-state index contributed by atoms with van der Waals surface area (Å²) in [5, 5.41) is 2.81. The molecule has 1 fully saturated rings. The Kier molecular flexibility index (Phi) is 6.24. The first-order valence-corrected chi connectivity index (χ1v) is 9.51. The normalized spacial score (nSPS) is 19.0. The molecule has 0 bridgehead atoms. The Morgan fingerprint density at radius 1 is 1.24 bits per heavy atom. The number of nitrogens with one attached hydrogen (secondary N) is 1. The van der Waals surface area contributed by atoms with Crippen molar-refractivity contribution >= 4 is 23.4 Å². The lowest BCUT2D eigenvalue weighted by Gasteiger charge is -2.36. The van der Waals surface area contributed by atoms with Crippen LogP contribution in [0.15, 0.2) is 30.9 Å². The summed E-state index contributed by atoms with van der Waals surface area (Å²) < 4.78 is 6.03. The number of morpholine rings is 1. The predicted molar refractivity (Wildman–Crippen MR) is 108 cm³/mol. The Morgan fingerprint density at radius 2 is 1.97 bits per heavy atom. The van der Waals surface area contributed by atoms with E-state index < -0.39 is 0 Å². The molecule has 0 aromatic carbocycles. The lowest BCUT2D eigenvalue weighted by molar-refractivity contribution is -0.139. The maximum Gasteiger partial charge on any atom is 0.269 e. The third kappa shape index (κ3) is 4.78. The summed E-state index contributed by atoms with van der Waals surface area (Å²) in [6.45, 7) is 8.03. The quantitative estimate of drug-likeness (QED) is 0.608. The zero-order valence-electron chi connectivity index (χ0n) is 16.5. The van der Waals surface area contributed by atoms with Gasteiger partial charge in [0.15, 0.2) is 0 Å². The van der Waals surface area contributed by atoms with Crippen LogP contribution in [0.1, 0.15) is 34.9 Å². The fourth-order valence-corrected chi connectivity index (χ4v) is 3.44. The molecule has 3 rings (SSSR count). The van der Waals surface area contributed by atoms with E-state index in [9.17, 15) is 9.59 Å². The SMILES string of the molecule is C=CC(=O)N1C[C@H](C)O[C@@H](c2cc(Cl)nc(-c3cc(C(=O)NC)nc(C)n3)c2)C1. The zero-order valence-corrected chi connectivity index (χ0v) is 17.2. The molecule has 0 radical (unpaired) electrons. The molecule has 152 valence electrons. The monoisotopic (exact) mass is 415 g/mol. The third-order valence-electron chi connectivity index (χ3n) is 4.49. The van der Waals surface area contributed by atoms with E-state index in [1.165, 1.54) is 13.1 Å². The van der Waals surface area contributed by atoms with Gasteiger partial charge in [0, 0.05) is 13.6 Å². The van der Waals surface area contributed by atoms with Crippen molar-refractivity contribution in [1.29, 1.82) is 0 Å². The van der Waals surface area contributed by atoms with Gasteiger partial charge in [-0.2, -0.15) is 0 Å². The highest BCUT2D eigenvalue weighted by molar-refractivity contribution is 6.29. The number of carbonyl (C=O) groups excluding carboxylic acids is 2. The van der Waals surface area contributed by atoms with Gasteiger partial charge >= 0.3 is 0 Å². The number of carbonyl (C=O) groups is 2. The standard InChI is InChI=1S/C20H22ClN5O3/c1-5-19(27)26-9-11(2)29-17(10-26)13-6-14(25-18(21)7-13)15-8-16(20(28)22-4)24-12(3)23-15/h5-8,11,17H,1,9-10H2,2-4H3,(H,22,28)/t11-,17+/m0/s1. The number of nitrogens with zero attached hydrogens (tertiary/aromatic N) is 4. The van der Waals surface area contributed by atoms with E-state index in [2.05, 4.69) is 26.8 Å². The van der Waals surface area contributed by atoms with Crippen LogP contribution < -0.4 is 5.32 Å². The van der Waals surface area contributed by atoms with Crippen LogP contribution in [0.5, 0.6) is 0 Å². The second kappa shape index (κ2) is 8.67. The van der Waals surface area contributed by atoms with Crippen molar-refractivity contribution in [2.75, 3.05) is 20.1 Å². The molecule has 0 saturated carbocycles. The van der Waals surface area contributed by atoms with Crippen LogP contribution in [0, 0.1) is 6.92 Å².